The molecule has 0 amide bonds. The van der Waals surface area contributed by atoms with E-state index in [0.29, 0.717) is 35.0 Å². The number of carbonyl (C=O) groups excluding carboxylic acids is 2. The van der Waals surface area contributed by atoms with Gasteiger partial charge in [0.05, 0.1) is 32.3 Å². The molecule has 3 aliphatic heterocycles. The van der Waals surface area contributed by atoms with Gasteiger partial charge in [-0.15, -0.1) is 0 Å². The van der Waals surface area contributed by atoms with Crippen LogP contribution in [0.2, 0.25) is 0 Å². The summed E-state index contributed by atoms with van der Waals surface area (Å²) in [6, 6.07) is 24.7. The molecule has 0 unspecified atom stereocenters. The zero-order valence-corrected chi connectivity index (χ0v) is 23.1. The van der Waals surface area contributed by atoms with Gasteiger partial charge in [-0.25, -0.2) is 0 Å². The first kappa shape index (κ1) is 25.9. The Morgan fingerprint density at radius 3 is 2.62 bits per heavy atom. The number of allylic oxidation sites excluding steroid dienone is 1. The second kappa shape index (κ2) is 10.7. The van der Waals surface area contributed by atoms with Gasteiger partial charge in [-0.3, -0.25) is 9.59 Å². The molecule has 7 heteroatoms. The van der Waals surface area contributed by atoms with Crippen molar-refractivity contribution in [3.8, 4) is 28.7 Å². The van der Waals surface area contributed by atoms with Crippen LogP contribution in [0.5, 0.6) is 28.7 Å². The van der Waals surface area contributed by atoms with Gasteiger partial charge in [0.2, 0.25) is 5.78 Å². The molecule has 0 spiro atoms. The smallest absolute Gasteiger partial charge is 0.312 e. The molecule has 0 saturated heterocycles. The molecule has 3 heterocycles. The highest BCUT2D eigenvalue weighted by Gasteiger charge is 2.39. The first-order valence-electron chi connectivity index (χ1n) is 14.0. The van der Waals surface area contributed by atoms with Crippen molar-refractivity contribution >= 4 is 17.8 Å². The number of fused-ring (bicyclic) bond motifs is 4. The minimum Gasteiger partial charge on any atom is -0.497 e. The molecular weight excluding hydrogens is 532 g/mol. The normalized spacial score (nSPS) is 17.5. The lowest BCUT2D eigenvalue weighted by Gasteiger charge is -2.27. The number of Topliss-reactive ketones (excluding diaryl/α,β-unsaturated/α-hetero) is 1. The summed E-state index contributed by atoms with van der Waals surface area (Å²) in [5.74, 6) is 2.42. The fourth-order valence-electron chi connectivity index (χ4n) is 5.80. The first-order chi connectivity index (χ1) is 20.6. The van der Waals surface area contributed by atoms with Crippen molar-refractivity contribution in [2.45, 2.75) is 25.2 Å². The molecule has 1 atom stereocenters. The number of ketones is 1. The molecule has 7 nitrogen and oxygen atoms in total. The third kappa shape index (κ3) is 4.77. The molecule has 4 aromatic rings. The van der Waals surface area contributed by atoms with Crippen molar-refractivity contribution < 1.29 is 33.3 Å². The van der Waals surface area contributed by atoms with E-state index in [1.54, 1.807) is 25.3 Å². The van der Waals surface area contributed by atoms with Crippen LogP contribution in [0.15, 0.2) is 84.6 Å². The summed E-state index contributed by atoms with van der Waals surface area (Å²) >= 11 is 0. The number of methoxy groups -OCH3 is 1. The summed E-state index contributed by atoms with van der Waals surface area (Å²) in [6.07, 6.45) is 3.47. The van der Waals surface area contributed by atoms with E-state index in [1.807, 2.05) is 54.6 Å². The second-order valence-electron chi connectivity index (χ2n) is 10.5. The predicted octanol–water partition coefficient (Wildman–Crippen LogP) is 6.31. The molecule has 0 aliphatic carbocycles. The average molecular weight is 561 g/mol. The molecule has 0 saturated carbocycles. The number of hydrogen-bond donors (Lipinski definition) is 0. The van der Waals surface area contributed by atoms with Crippen molar-refractivity contribution in [1.29, 1.82) is 0 Å². The molecule has 4 aromatic carbocycles. The number of para-hydroxylation sites is 1. The molecule has 3 aliphatic rings. The maximum Gasteiger partial charge on any atom is 0.312 e. The summed E-state index contributed by atoms with van der Waals surface area (Å²) in [5, 5.41) is 0. The van der Waals surface area contributed by atoms with E-state index < -0.39 is 5.92 Å². The Bertz CT molecular complexity index is 1740. The highest BCUT2D eigenvalue weighted by Crippen LogP contribution is 2.50. The lowest BCUT2D eigenvalue weighted by Crippen LogP contribution is -2.22. The highest BCUT2D eigenvalue weighted by molar-refractivity contribution is 6.15. The van der Waals surface area contributed by atoms with Gasteiger partial charge < -0.3 is 23.7 Å². The van der Waals surface area contributed by atoms with E-state index in [2.05, 4.69) is 12.1 Å². The van der Waals surface area contributed by atoms with E-state index >= 15 is 0 Å². The molecule has 0 bridgehead atoms. The third-order valence-electron chi connectivity index (χ3n) is 7.89. The van der Waals surface area contributed by atoms with Crippen molar-refractivity contribution in [3.05, 3.63) is 118 Å². The summed E-state index contributed by atoms with van der Waals surface area (Å²) in [5.41, 5.74) is 5.18. The van der Waals surface area contributed by atoms with E-state index in [0.717, 1.165) is 42.1 Å². The molecule has 0 fully saturated rings. The van der Waals surface area contributed by atoms with Crippen molar-refractivity contribution in [3.63, 3.8) is 0 Å². The Kier molecular flexibility index (Phi) is 6.62. The quantitative estimate of drug-likeness (QED) is 0.149. The number of hydrogen-bond acceptors (Lipinski definition) is 7. The van der Waals surface area contributed by atoms with Crippen LogP contribution in [0.1, 0.15) is 50.5 Å². The van der Waals surface area contributed by atoms with Crippen LogP contribution >= 0.6 is 0 Å². The van der Waals surface area contributed by atoms with Crippen LogP contribution < -0.4 is 23.7 Å². The zero-order valence-electron chi connectivity index (χ0n) is 23.1. The monoisotopic (exact) mass is 560 g/mol. The van der Waals surface area contributed by atoms with Gasteiger partial charge in [0, 0.05) is 29.9 Å². The Morgan fingerprint density at radius 1 is 0.929 bits per heavy atom. The predicted molar refractivity (Wildman–Crippen MR) is 156 cm³/mol. The van der Waals surface area contributed by atoms with E-state index in [9.17, 15) is 9.59 Å². The number of carbonyl (C=O) groups is 2. The van der Waals surface area contributed by atoms with Crippen molar-refractivity contribution in [1.82, 2.24) is 0 Å². The topological polar surface area (TPSA) is 80.3 Å². The molecular formula is C35H28O7. The zero-order chi connectivity index (χ0) is 28.6. The molecule has 42 heavy (non-hydrogen) atoms. The fourth-order valence-corrected chi connectivity index (χ4v) is 5.80. The summed E-state index contributed by atoms with van der Waals surface area (Å²) in [6.45, 7) is 1.20. The average Bonchev–Trinajstić information content (AvgIpc) is 3.61. The lowest BCUT2D eigenvalue weighted by molar-refractivity contribution is -0.135. The first-order valence-corrected chi connectivity index (χ1v) is 14.0. The minimum absolute atomic E-state index is 0.101. The van der Waals surface area contributed by atoms with Gasteiger partial charge in [0.1, 0.15) is 28.7 Å². The number of benzene rings is 4. The molecule has 210 valence electrons. The lowest BCUT2D eigenvalue weighted by atomic mass is 9.84. The largest absolute Gasteiger partial charge is 0.497 e. The van der Waals surface area contributed by atoms with Gasteiger partial charge in [-0.2, -0.15) is 0 Å². The van der Waals surface area contributed by atoms with E-state index in [-0.39, 0.29) is 23.9 Å². The van der Waals surface area contributed by atoms with Crippen LogP contribution in [0.25, 0.3) is 6.08 Å². The maximum atomic E-state index is 13.4. The third-order valence-corrected chi connectivity index (χ3v) is 7.89. The number of rotatable bonds is 7. The summed E-state index contributed by atoms with van der Waals surface area (Å²) in [7, 11) is 1.60. The molecule has 0 radical (unpaired) electrons. The van der Waals surface area contributed by atoms with Crippen LogP contribution in [-0.4, -0.2) is 32.1 Å². The Morgan fingerprint density at radius 2 is 1.76 bits per heavy atom. The molecule has 0 aromatic heterocycles. The van der Waals surface area contributed by atoms with Crippen LogP contribution in [-0.2, 0) is 17.6 Å². The molecule has 7 rings (SSSR count). The van der Waals surface area contributed by atoms with Crippen LogP contribution in [0.4, 0.5) is 0 Å². The van der Waals surface area contributed by atoms with E-state index in [4.69, 9.17) is 23.7 Å². The summed E-state index contributed by atoms with van der Waals surface area (Å²) < 4.78 is 29.0. The minimum atomic E-state index is -0.405. The molecule has 0 N–H and O–H groups in total. The van der Waals surface area contributed by atoms with Crippen LogP contribution in [0.3, 0.4) is 0 Å². The van der Waals surface area contributed by atoms with Gasteiger partial charge in [-0.1, -0.05) is 42.5 Å². The second-order valence-corrected chi connectivity index (χ2v) is 10.5. The van der Waals surface area contributed by atoms with Gasteiger partial charge >= 0.3 is 5.97 Å². The maximum absolute atomic E-state index is 13.4. The standard InChI is InChI=1S/C35H28O7/c1-38-24-9-6-21(7-10-24)19-31-34(37)26-11-13-30-33(35(26)42-31)27(20-32(36)41-30)25-4-2-3-5-29(25)40-16-14-22-8-12-28-23(18-22)15-17-39-28/h2-13,18-19,27H,14-17,20H2,1H3/b31-19-/t27-/m0/s1. The number of esters is 1. The van der Waals surface area contributed by atoms with Gasteiger partial charge in [-0.05, 0) is 59.2 Å². The van der Waals surface area contributed by atoms with E-state index in [1.165, 1.54) is 11.1 Å². The highest BCUT2D eigenvalue weighted by atomic mass is 16.5. The Balaban J connectivity index is 1.18. The fraction of sp³-hybridized carbons (Fsp3) is 0.200. The SMILES string of the molecule is COc1ccc(/C=C2\Oc3c(ccc4c3[C@H](c3ccccc3OCCc3ccc5c(c3)CCO5)CC(=O)O4)C2=O)cc1. The van der Waals surface area contributed by atoms with Gasteiger partial charge in [0.25, 0.3) is 0 Å². The van der Waals surface area contributed by atoms with Gasteiger partial charge in [0.15, 0.2) is 5.76 Å². The Labute approximate surface area is 243 Å². The summed E-state index contributed by atoms with van der Waals surface area (Å²) in [4.78, 5) is 26.1. The number of ether oxygens (including phenoxy) is 5. The Hall–Kier alpha value is -5.04. The van der Waals surface area contributed by atoms with Crippen molar-refractivity contribution in [2.24, 2.45) is 0 Å². The van der Waals surface area contributed by atoms with Crippen LogP contribution in [0, 0.1) is 0 Å². The van der Waals surface area contributed by atoms with Crippen molar-refractivity contribution in [2.75, 3.05) is 20.3 Å².